The molecule has 1 aromatic heterocycles. The van der Waals surface area contributed by atoms with Gasteiger partial charge in [-0.15, -0.1) is 0 Å². The summed E-state index contributed by atoms with van der Waals surface area (Å²) in [5.41, 5.74) is 14.7. The van der Waals surface area contributed by atoms with Gasteiger partial charge in [0.15, 0.2) is 0 Å². The first-order chi connectivity index (χ1) is 12.8. The van der Waals surface area contributed by atoms with Crippen molar-refractivity contribution in [2.24, 2.45) is 0 Å². The second kappa shape index (κ2) is 5.92. The minimum atomic E-state index is 0.190. The molecule has 0 amide bonds. The zero-order valence-corrected chi connectivity index (χ0v) is 14.4. The van der Waals surface area contributed by atoms with Crippen molar-refractivity contribution in [2.75, 3.05) is 5.73 Å². The molecule has 0 aliphatic heterocycles. The fourth-order valence-corrected chi connectivity index (χ4v) is 4.13. The van der Waals surface area contributed by atoms with Gasteiger partial charge in [-0.3, -0.25) is 0 Å². The standard InChI is InChI=1S/C24H20N2/c25-18-12-9-17(10-13-18)24(21-14-11-16-5-1-2-6-19(16)21)22-15-26-23-8-4-3-7-20(22)23/h1-10,12-15,24,26H,11,25H2. The van der Waals surface area contributed by atoms with Crippen LogP contribution >= 0.6 is 0 Å². The van der Waals surface area contributed by atoms with Gasteiger partial charge in [0.05, 0.1) is 0 Å². The highest BCUT2D eigenvalue weighted by Gasteiger charge is 2.26. The SMILES string of the molecule is Nc1ccc(C(C2=CCc3ccccc32)c2c[nH]c3ccccc23)cc1. The number of allylic oxidation sites excluding steroid dienone is 2. The number of nitrogens with one attached hydrogen (secondary N) is 1. The van der Waals surface area contributed by atoms with Crippen LogP contribution in [0.4, 0.5) is 5.69 Å². The number of nitrogen functional groups attached to an aromatic ring is 1. The lowest BCUT2D eigenvalue weighted by Crippen LogP contribution is -2.03. The maximum atomic E-state index is 5.95. The summed E-state index contributed by atoms with van der Waals surface area (Å²) in [6, 6.07) is 25.6. The second-order valence-electron chi connectivity index (χ2n) is 6.91. The highest BCUT2D eigenvalue weighted by atomic mass is 14.7. The van der Waals surface area contributed by atoms with Gasteiger partial charge in [-0.25, -0.2) is 0 Å². The van der Waals surface area contributed by atoms with Crippen LogP contribution in [-0.4, -0.2) is 4.98 Å². The normalized spacial score (nSPS) is 14.2. The minimum Gasteiger partial charge on any atom is -0.399 e. The largest absolute Gasteiger partial charge is 0.399 e. The Labute approximate surface area is 153 Å². The summed E-state index contributed by atoms with van der Waals surface area (Å²) < 4.78 is 0. The highest BCUT2D eigenvalue weighted by Crippen LogP contribution is 2.44. The monoisotopic (exact) mass is 336 g/mol. The Hall–Kier alpha value is -3.26. The number of hydrogen-bond acceptors (Lipinski definition) is 1. The molecule has 26 heavy (non-hydrogen) atoms. The van der Waals surface area contributed by atoms with Gasteiger partial charge in [0, 0.05) is 28.7 Å². The molecule has 0 spiro atoms. The maximum Gasteiger partial charge on any atom is 0.0457 e. The molecule has 2 nitrogen and oxygen atoms in total. The molecule has 1 unspecified atom stereocenters. The Balaban J connectivity index is 1.73. The van der Waals surface area contributed by atoms with E-state index in [1.54, 1.807) is 0 Å². The maximum absolute atomic E-state index is 5.95. The van der Waals surface area contributed by atoms with E-state index in [0.717, 1.165) is 12.1 Å². The van der Waals surface area contributed by atoms with Crippen molar-refractivity contribution in [1.82, 2.24) is 4.98 Å². The Bertz CT molecular complexity index is 1120. The number of nitrogens with two attached hydrogens (primary N) is 1. The molecule has 1 aliphatic rings. The molecule has 0 saturated heterocycles. The molecule has 0 radical (unpaired) electrons. The molecule has 1 heterocycles. The molecular weight excluding hydrogens is 316 g/mol. The first-order valence-electron chi connectivity index (χ1n) is 9.01. The highest BCUT2D eigenvalue weighted by molar-refractivity contribution is 5.90. The smallest absolute Gasteiger partial charge is 0.0457 e. The Morgan fingerprint density at radius 2 is 1.62 bits per heavy atom. The van der Waals surface area contributed by atoms with E-state index in [0.29, 0.717) is 0 Å². The molecule has 4 aromatic rings. The van der Waals surface area contributed by atoms with E-state index in [1.165, 1.54) is 38.7 Å². The number of hydrogen-bond donors (Lipinski definition) is 2. The predicted octanol–water partition coefficient (Wildman–Crippen LogP) is 5.52. The molecule has 126 valence electrons. The Kier molecular flexibility index (Phi) is 3.42. The molecule has 2 heteroatoms. The summed E-state index contributed by atoms with van der Waals surface area (Å²) in [5.74, 6) is 0.190. The molecule has 3 aromatic carbocycles. The molecular formula is C24H20N2. The second-order valence-corrected chi connectivity index (χ2v) is 6.91. The number of para-hydroxylation sites is 1. The third-order valence-electron chi connectivity index (χ3n) is 5.38. The number of aromatic amines is 1. The van der Waals surface area contributed by atoms with Gasteiger partial charge < -0.3 is 10.7 Å². The number of fused-ring (bicyclic) bond motifs is 2. The molecule has 1 atom stereocenters. The summed E-state index contributed by atoms with van der Waals surface area (Å²) in [6.07, 6.45) is 5.54. The molecule has 1 aliphatic carbocycles. The minimum absolute atomic E-state index is 0.190. The van der Waals surface area contributed by atoms with Gasteiger partial charge in [0.25, 0.3) is 0 Å². The van der Waals surface area contributed by atoms with E-state index in [2.05, 4.69) is 77.9 Å². The lowest BCUT2D eigenvalue weighted by atomic mass is 9.82. The fourth-order valence-electron chi connectivity index (χ4n) is 4.13. The average molecular weight is 336 g/mol. The van der Waals surface area contributed by atoms with Crippen LogP contribution in [-0.2, 0) is 6.42 Å². The van der Waals surface area contributed by atoms with Gasteiger partial charge >= 0.3 is 0 Å². The molecule has 0 fully saturated rings. The van der Waals surface area contributed by atoms with E-state index in [4.69, 9.17) is 5.73 Å². The van der Waals surface area contributed by atoms with Gasteiger partial charge in [-0.1, -0.05) is 60.7 Å². The van der Waals surface area contributed by atoms with Gasteiger partial charge in [-0.2, -0.15) is 0 Å². The van der Waals surface area contributed by atoms with Crippen molar-refractivity contribution in [3.8, 4) is 0 Å². The van der Waals surface area contributed by atoms with Crippen LogP contribution in [0.2, 0.25) is 0 Å². The summed E-state index contributed by atoms with van der Waals surface area (Å²) in [7, 11) is 0. The van der Waals surface area contributed by atoms with Crippen LogP contribution in [0.5, 0.6) is 0 Å². The first kappa shape index (κ1) is 15.0. The van der Waals surface area contributed by atoms with E-state index < -0.39 is 0 Å². The Morgan fingerprint density at radius 3 is 2.50 bits per heavy atom. The molecule has 3 N–H and O–H groups in total. The number of anilines is 1. The summed E-state index contributed by atoms with van der Waals surface area (Å²) >= 11 is 0. The first-order valence-corrected chi connectivity index (χ1v) is 9.01. The quantitative estimate of drug-likeness (QED) is 0.475. The van der Waals surface area contributed by atoms with E-state index in [-0.39, 0.29) is 5.92 Å². The zero-order chi connectivity index (χ0) is 17.5. The number of rotatable bonds is 3. The van der Waals surface area contributed by atoms with Crippen LogP contribution in [0, 0.1) is 0 Å². The van der Waals surface area contributed by atoms with Crippen LogP contribution < -0.4 is 5.73 Å². The van der Waals surface area contributed by atoms with E-state index in [9.17, 15) is 0 Å². The number of benzene rings is 3. The number of aromatic nitrogens is 1. The van der Waals surface area contributed by atoms with E-state index in [1.807, 2.05) is 12.1 Å². The topological polar surface area (TPSA) is 41.8 Å². The van der Waals surface area contributed by atoms with Crippen molar-refractivity contribution >= 4 is 22.2 Å². The van der Waals surface area contributed by atoms with Gasteiger partial charge in [0.2, 0.25) is 0 Å². The fraction of sp³-hybridized carbons (Fsp3) is 0.0833. The number of H-pyrrole nitrogens is 1. The predicted molar refractivity (Wildman–Crippen MR) is 109 cm³/mol. The lowest BCUT2D eigenvalue weighted by molar-refractivity contribution is 1.06. The van der Waals surface area contributed by atoms with Gasteiger partial charge in [0.1, 0.15) is 0 Å². The van der Waals surface area contributed by atoms with Crippen molar-refractivity contribution < 1.29 is 0 Å². The van der Waals surface area contributed by atoms with Crippen molar-refractivity contribution in [2.45, 2.75) is 12.3 Å². The van der Waals surface area contributed by atoms with Crippen molar-refractivity contribution in [3.05, 3.63) is 107 Å². The Morgan fingerprint density at radius 1 is 0.846 bits per heavy atom. The summed E-state index contributed by atoms with van der Waals surface area (Å²) in [4.78, 5) is 3.45. The molecule has 0 bridgehead atoms. The van der Waals surface area contributed by atoms with Crippen LogP contribution in [0.3, 0.4) is 0 Å². The van der Waals surface area contributed by atoms with E-state index >= 15 is 0 Å². The third-order valence-corrected chi connectivity index (χ3v) is 5.38. The molecule has 5 rings (SSSR count). The summed E-state index contributed by atoms with van der Waals surface area (Å²) in [5, 5.41) is 1.28. The van der Waals surface area contributed by atoms with Crippen LogP contribution in [0.15, 0.2) is 85.1 Å². The van der Waals surface area contributed by atoms with Crippen molar-refractivity contribution in [1.29, 1.82) is 0 Å². The van der Waals surface area contributed by atoms with Gasteiger partial charge in [-0.05, 0) is 52.4 Å². The molecule has 0 saturated carbocycles. The zero-order valence-electron chi connectivity index (χ0n) is 14.4. The van der Waals surface area contributed by atoms with Crippen LogP contribution in [0.1, 0.15) is 28.2 Å². The lowest BCUT2D eigenvalue weighted by Gasteiger charge is -2.20. The average Bonchev–Trinajstić information content (AvgIpc) is 3.29. The summed E-state index contributed by atoms with van der Waals surface area (Å²) in [6.45, 7) is 0. The van der Waals surface area contributed by atoms with Crippen LogP contribution in [0.25, 0.3) is 16.5 Å². The van der Waals surface area contributed by atoms with Crippen molar-refractivity contribution in [3.63, 3.8) is 0 Å². The third kappa shape index (κ3) is 2.34.